The Morgan fingerprint density at radius 2 is 1.58 bits per heavy atom. The highest BCUT2D eigenvalue weighted by molar-refractivity contribution is 6.74. The van der Waals surface area contributed by atoms with E-state index in [2.05, 4.69) is 46.0 Å². The fourth-order valence-corrected chi connectivity index (χ4v) is 6.94. The molecule has 1 heterocycles. The number of methoxy groups -OCH3 is 3. The zero-order chi connectivity index (χ0) is 33.1. The first kappa shape index (κ1) is 34.3. The van der Waals surface area contributed by atoms with Crippen molar-refractivity contribution in [1.29, 1.82) is 0 Å². The Morgan fingerprint density at radius 3 is 2.07 bits per heavy atom. The zero-order valence-corrected chi connectivity index (χ0v) is 28.9. The van der Waals surface area contributed by atoms with Crippen LogP contribution in [0.15, 0.2) is 48.8 Å². The first-order chi connectivity index (χ1) is 21.2. The lowest BCUT2D eigenvalue weighted by atomic mass is 10.0. The van der Waals surface area contributed by atoms with Crippen LogP contribution in [0, 0.1) is 6.92 Å². The molecule has 0 spiro atoms. The molecular formula is C35H47NO8Si. The molecule has 2 unspecified atom stereocenters. The van der Waals surface area contributed by atoms with Crippen molar-refractivity contribution in [3.05, 3.63) is 82.2 Å². The summed E-state index contributed by atoms with van der Waals surface area (Å²) in [5.41, 5.74) is 4.85. The molecule has 0 bridgehead atoms. The molecule has 9 nitrogen and oxygen atoms in total. The Balaban J connectivity index is 1.85. The van der Waals surface area contributed by atoms with Crippen molar-refractivity contribution in [3.8, 4) is 11.5 Å². The Morgan fingerprint density at radius 1 is 1.00 bits per heavy atom. The van der Waals surface area contributed by atoms with Crippen molar-refractivity contribution in [2.75, 3.05) is 21.3 Å². The molecule has 0 aliphatic heterocycles. The number of carbonyl (C=O) groups is 2. The third-order valence-electron chi connectivity index (χ3n) is 9.15. The van der Waals surface area contributed by atoms with Gasteiger partial charge in [0, 0.05) is 18.0 Å². The Hall–Kier alpha value is -3.60. The van der Waals surface area contributed by atoms with Crippen molar-refractivity contribution >= 4 is 20.3 Å². The van der Waals surface area contributed by atoms with Crippen LogP contribution in [0.25, 0.3) is 0 Å². The van der Waals surface area contributed by atoms with Gasteiger partial charge < -0.3 is 33.0 Å². The number of fused-ring (bicyclic) bond motifs is 1. The Labute approximate surface area is 267 Å². The first-order valence-electron chi connectivity index (χ1n) is 15.3. The van der Waals surface area contributed by atoms with Crippen LogP contribution in [-0.4, -0.2) is 63.5 Å². The Bertz CT molecular complexity index is 1470. The van der Waals surface area contributed by atoms with Gasteiger partial charge in [-0.3, -0.25) is 4.79 Å². The highest BCUT2D eigenvalue weighted by Crippen LogP contribution is 2.44. The second-order valence-corrected chi connectivity index (χ2v) is 18.0. The molecule has 1 aliphatic rings. The lowest BCUT2D eigenvalue weighted by Gasteiger charge is -2.42. The first-order valence-corrected chi connectivity index (χ1v) is 18.2. The van der Waals surface area contributed by atoms with Crippen LogP contribution < -0.4 is 9.47 Å². The molecule has 1 N–H and O–H groups in total. The maximum Gasteiger partial charge on any atom is 0.339 e. The van der Waals surface area contributed by atoms with Crippen LogP contribution in [-0.2, 0) is 44.5 Å². The summed E-state index contributed by atoms with van der Waals surface area (Å²) >= 11 is 0. The number of aliphatic carboxylic acids is 1. The highest BCUT2D eigenvalue weighted by Gasteiger charge is 2.43. The second kappa shape index (κ2) is 13.8. The monoisotopic (exact) mass is 637 g/mol. The van der Waals surface area contributed by atoms with Crippen LogP contribution >= 0.6 is 0 Å². The molecule has 0 amide bonds. The van der Waals surface area contributed by atoms with Crippen LogP contribution in [0.5, 0.6) is 11.5 Å². The quantitative estimate of drug-likeness (QED) is 0.166. The smallest absolute Gasteiger partial charge is 0.339 e. The largest absolute Gasteiger partial charge is 0.496 e. The SMILES string of the molecule is COC(=O)c1cn(CC(OC2Cc3ccccc3C2)C(O[Si](C)(C)C(C)(C)C)c2cc(OC)c(C)c(OC)c2)cc1CC(=O)O. The molecule has 244 valence electrons. The number of nitrogens with zero attached hydrogens (tertiary/aromatic N) is 1. The molecular weight excluding hydrogens is 590 g/mol. The van der Waals surface area contributed by atoms with Crippen molar-refractivity contribution in [1.82, 2.24) is 4.57 Å². The van der Waals surface area contributed by atoms with Crippen LogP contribution in [0.1, 0.15) is 65.1 Å². The van der Waals surface area contributed by atoms with Gasteiger partial charge in [-0.2, -0.15) is 0 Å². The molecule has 2 aromatic carbocycles. The summed E-state index contributed by atoms with van der Waals surface area (Å²) in [6, 6.07) is 12.3. The number of hydrogen-bond donors (Lipinski definition) is 1. The Kier molecular flexibility index (Phi) is 10.5. The molecule has 0 fully saturated rings. The highest BCUT2D eigenvalue weighted by atomic mass is 28.4. The molecule has 1 aliphatic carbocycles. The van der Waals surface area contributed by atoms with Gasteiger partial charge in [-0.1, -0.05) is 45.0 Å². The standard InChI is InChI=1S/C35H47NO8Si/c1-22-29(40-5)16-25(17-30(22)41-6)33(44-45(8,9)35(2,3)4)31(43-27-14-23-12-10-11-13-24(23)15-27)21-36-19-26(18-32(37)38)28(20-36)34(39)42-7/h10-13,16-17,19-20,27,31,33H,14-15,18,21H2,1-9H3,(H,37,38). The third kappa shape index (κ3) is 7.80. The predicted molar refractivity (Wildman–Crippen MR) is 175 cm³/mol. The van der Waals surface area contributed by atoms with E-state index in [4.69, 9.17) is 23.4 Å². The molecule has 2 atom stereocenters. The molecule has 45 heavy (non-hydrogen) atoms. The maximum atomic E-state index is 12.6. The van der Waals surface area contributed by atoms with E-state index < -0.39 is 32.5 Å². The molecule has 1 aromatic heterocycles. The third-order valence-corrected chi connectivity index (χ3v) is 13.6. The van der Waals surface area contributed by atoms with Gasteiger partial charge in [-0.15, -0.1) is 0 Å². The summed E-state index contributed by atoms with van der Waals surface area (Å²) in [4.78, 5) is 24.3. The summed E-state index contributed by atoms with van der Waals surface area (Å²) in [6.45, 7) is 13.3. The van der Waals surface area contributed by atoms with Crippen molar-refractivity contribution < 1.29 is 38.1 Å². The van der Waals surface area contributed by atoms with E-state index in [1.54, 1.807) is 26.6 Å². The van der Waals surface area contributed by atoms with E-state index in [1.807, 2.05) is 35.8 Å². The minimum absolute atomic E-state index is 0.0960. The van der Waals surface area contributed by atoms with Crippen LogP contribution in [0.3, 0.4) is 0 Å². The van der Waals surface area contributed by atoms with Crippen LogP contribution in [0.2, 0.25) is 18.1 Å². The van der Waals surface area contributed by atoms with Gasteiger partial charge in [0.25, 0.3) is 0 Å². The topological polar surface area (TPSA) is 105 Å². The van der Waals surface area contributed by atoms with Crippen LogP contribution in [0.4, 0.5) is 0 Å². The molecule has 0 saturated carbocycles. The molecule has 4 rings (SSSR count). The number of ether oxygens (including phenoxy) is 4. The van der Waals surface area contributed by atoms with Gasteiger partial charge in [0.2, 0.25) is 0 Å². The number of carboxylic acid groups (broad SMARTS) is 1. The minimum atomic E-state index is -2.39. The van der Waals surface area contributed by atoms with Gasteiger partial charge in [0.15, 0.2) is 8.32 Å². The number of hydrogen-bond acceptors (Lipinski definition) is 7. The van der Waals surface area contributed by atoms with Crippen molar-refractivity contribution in [2.24, 2.45) is 0 Å². The average Bonchev–Trinajstić information content (AvgIpc) is 3.57. The number of rotatable bonds is 13. The van der Waals surface area contributed by atoms with E-state index in [0.29, 0.717) is 23.6 Å². The summed E-state index contributed by atoms with van der Waals surface area (Å²) in [6.07, 6.45) is 3.41. The van der Waals surface area contributed by atoms with Gasteiger partial charge >= 0.3 is 11.9 Å². The van der Waals surface area contributed by atoms with E-state index in [-0.39, 0.29) is 23.1 Å². The number of carbonyl (C=O) groups excluding carboxylic acids is 1. The summed E-state index contributed by atoms with van der Waals surface area (Å²) in [7, 11) is 2.17. The second-order valence-electron chi connectivity index (χ2n) is 13.3. The van der Waals surface area contributed by atoms with Crippen molar-refractivity contribution in [3.63, 3.8) is 0 Å². The normalized spacial score (nSPS) is 15.0. The van der Waals surface area contributed by atoms with Gasteiger partial charge in [0.05, 0.1) is 52.1 Å². The number of aromatic nitrogens is 1. The zero-order valence-electron chi connectivity index (χ0n) is 27.9. The summed E-state index contributed by atoms with van der Waals surface area (Å²) < 4.78 is 32.6. The molecule has 3 aromatic rings. The van der Waals surface area contributed by atoms with E-state index >= 15 is 0 Å². The van der Waals surface area contributed by atoms with Gasteiger partial charge in [-0.25, -0.2) is 4.79 Å². The summed E-state index contributed by atoms with van der Waals surface area (Å²) in [5, 5.41) is 9.45. The summed E-state index contributed by atoms with van der Waals surface area (Å²) in [5.74, 6) is -0.265. The van der Waals surface area contributed by atoms with E-state index in [9.17, 15) is 14.7 Å². The number of esters is 1. The molecule has 0 radical (unpaired) electrons. The lowest BCUT2D eigenvalue weighted by Crippen LogP contribution is -2.45. The number of carboxylic acids is 1. The van der Waals surface area contributed by atoms with Gasteiger partial charge in [0.1, 0.15) is 17.6 Å². The minimum Gasteiger partial charge on any atom is -0.496 e. The van der Waals surface area contributed by atoms with Crippen molar-refractivity contribution in [2.45, 2.75) is 89.9 Å². The fourth-order valence-electron chi connectivity index (χ4n) is 5.66. The van der Waals surface area contributed by atoms with Gasteiger partial charge in [-0.05, 0) is 72.3 Å². The lowest BCUT2D eigenvalue weighted by molar-refractivity contribution is -0.136. The molecule has 10 heteroatoms. The average molecular weight is 638 g/mol. The number of benzene rings is 2. The fraction of sp³-hybridized carbons (Fsp3) is 0.486. The van der Waals surface area contributed by atoms with E-state index in [1.165, 1.54) is 18.2 Å². The van der Waals surface area contributed by atoms with E-state index in [0.717, 1.165) is 24.0 Å². The molecule has 0 saturated heterocycles. The maximum absolute atomic E-state index is 12.6. The predicted octanol–water partition coefficient (Wildman–Crippen LogP) is 6.54.